The quantitative estimate of drug-likeness (QED) is 0.687. The van der Waals surface area contributed by atoms with Gasteiger partial charge in [0.15, 0.2) is 0 Å². The second-order valence-corrected chi connectivity index (χ2v) is 6.20. The van der Waals surface area contributed by atoms with Crippen LogP contribution in [0.4, 0.5) is 13.2 Å². The molecule has 0 radical (unpaired) electrons. The third kappa shape index (κ3) is 4.97. The summed E-state index contributed by atoms with van der Waals surface area (Å²) in [6.07, 6.45) is 1.75. The van der Waals surface area contributed by atoms with Crippen molar-refractivity contribution in [1.29, 1.82) is 0 Å². The normalized spacial score (nSPS) is 12.0. The van der Waals surface area contributed by atoms with E-state index in [2.05, 4.69) is 10.3 Å². The molecule has 0 aliphatic carbocycles. The molecule has 1 aromatic carbocycles. The van der Waals surface area contributed by atoms with Crippen LogP contribution in [0.1, 0.15) is 22.4 Å². The largest absolute Gasteiger partial charge is 0.417 e. The van der Waals surface area contributed by atoms with Gasteiger partial charge in [0.25, 0.3) is 0 Å². The maximum atomic E-state index is 12.7. The monoisotopic (exact) mass is 373 g/mol. The van der Waals surface area contributed by atoms with Crippen molar-refractivity contribution in [2.75, 3.05) is 6.54 Å². The zero-order chi connectivity index (χ0) is 19.4. The van der Waals surface area contributed by atoms with Crippen molar-refractivity contribution >= 4 is 17.6 Å². The molecule has 3 rings (SSSR count). The zero-order valence-corrected chi connectivity index (χ0v) is 14.6. The number of benzene rings is 1. The molecule has 1 amide bonds. The fourth-order valence-electron chi connectivity index (χ4n) is 2.55. The van der Waals surface area contributed by atoms with Gasteiger partial charge in [-0.1, -0.05) is 29.8 Å². The van der Waals surface area contributed by atoms with E-state index in [1.807, 2.05) is 31.2 Å². The predicted molar refractivity (Wildman–Crippen MR) is 97.1 cm³/mol. The average molecular weight is 373 g/mol. The summed E-state index contributed by atoms with van der Waals surface area (Å²) < 4.78 is 39.6. The minimum absolute atomic E-state index is 0.237. The molecule has 0 spiro atoms. The Kier molecular flexibility index (Phi) is 5.30. The first kappa shape index (κ1) is 18.7. The highest BCUT2D eigenvalue weighted by molar-refractivity contribution is 5.91. The molecule has 0 unspecified atom stereocenters. The highest BCUT2D eigenvalue weighted by Crippen LogP contribution is 2.29. The van der Waals surface area contributed by atoms with Gasteiger partial charge < -0.3 is 9.72 Å². The van der Waals surface area contributed by atoms with Gasteiger partial charge in [-0.15, -0.1) is 0 Å². The summed E-state index contributed by atoms with van der Waals surface area (Å²) in [4.78, 5) is 16.1. The Bertz CT molecular complexity index is 972. The van der Waals surface area contributed by atoms with Gasteiger partial charge in [0.1, 0.15) is 5.65 Å². The van der Waals surface area contributed by atoms with Crippen molar-refractivity contribution in [3.63, 3.8) is 0 Å². The third-order valence-corrected chi connectivity index (χ3v) is 4.01. The molecule has 0 bridgehead atoms. The summed E-state index contributed by atoms with van der Waals surface area (Å²) >= 11 is 0. The van der Waals surface area contributed by atoms with Gasteiger partial charge in [-0.3, -0.25) is 4.79 Å². The number of nitrogens with one attached hydrogen (secondary N) is 1. The maximum Gasteiger partial charge on any atom is 0.417 e. The van der Waals surface area contributed by atoms with Crippen molar-refractivity contribution in [2.24, 2.45) is 0 Å². The number of imidazole rings is 1. The number of aryl methyl sites for hydroxylation is 1. The molecule has 1 N–H and O–H groups in total. The molecular formula is C20H18F3N3O. The van der Waals surface area contributed by atoms with E-state index in [0.717, 1.165) is 23.4 Å². The van der Waals surface area contributed by atoms with E-state index in [1.165, 1.54) is 16.5 Å². The number of rotatable bonds is 5. The van der Waals surface area contributed by atoms with Crippen molar-refractivity contribution in [3.8, 4) is 0 Å². The number of pyridine rings is 1. The molecular weight excluding hydrogens is 355 g/mol. The number of alkyl halides is 3. The topological polar surface area (TPSA) is 46.4 Å². The van der Waals surface area contributed by atoms with Crippen LogP contribution in [-0.2, 0) is 17.4 Å². The molecule has 0 saturated carbocycles. The lowest BCUT2D eigenvalue weighted by atomic mass is 10.1. The lowest BCUT2D eigenvalue weighted by molar-refractivity contribution is -0.137. The van der Waals surface area contributed by atoms with Crippen molar-refractivity contribution in [1.82, 2.24) is 14.7 Å². The molecule has 0 saturated heterocycles. The van der Waals surface area contributed by atoms with E-state index in [0.29, 0.717) is 24.3 Å². The number of nitrogens with zero attached hydrogens (tertiary/aromatic N) is 2. The summed E-state index contributed by atoms with van der Waals surface area (Å²) in [6.45, 7) is 2.33. The maximum absolute atomic E-state index is 12.7. The van der Waals surface area contributed by atoms with Crippen LogP contribution in [0.25, 0.3) is 11.7 Å². The van der Waals surface area contributed by atoms with Crippen LogP contribution in [0.5, 0.6) is 0 Å². The molecule has 3 aromatic rings. The Morgan fingerprint density at radius 1 is 1.15 bits per heavy atom. The summed E-state index contributed by atoms with van der Waals surface area (Å²) in [5, 5.41) is 2.74. The summed E-state index contributed by atoms with van der Waals surface area (Å²) in [7, 11) is 0. The Hall–Kier alpha value is -3.09. The van der Waals surface area contributed by atoms with Crippen LogP contribution in [0.3, 0.4) is 0 Å². The van der Waals surface area contributed by atoms with Crippen molar-refractivity contribution < 1.29 is 18.0 Å². The molecule has 4 nitrogen and oxygen atoms in total. The number of hydrogen-bond acceptors (Lipinski definition) is 2. The van der Waals surface area contributed by atoms with Gasteiger partial charge in [-0.05, 0) is 30.7 Å². The molecule has 2 heterocycles. The average Bonchev–Trinajstić information content (AvgIpc) is 3.02. The summed E-state index contributed by atoms with van der Waals surface area (Å²) in [5.74, 6) is -0.237. The second kappa shape index (κ2) is 7.65. The van der Waals surface area contributed by atoms with Gasteiger partial charge in [0.2, 0.25) is 5.91 Å². The highest BCUT2D eigenvalue weighted by Gasteiger charge is 2.30. The van der Waals surface area contributed by atoms with Crippen molar-refractivity contribution in [2.45, 2.75) is 19.5 Å². The number of hydrogen-bond donors (Lipinski definition) is 1. The van der Waals surface area contributed by atoms with E-state index in [1.54, 1.807) is 12.3 Å². The number of aromatic nitrogens is 2. The number of carbonyl (C=O) groups is 1. The molecule has 7 heteroatoms. The number of carbonyl (C=O) groups excluding carboxylic acids is 1. The standard InChI is InChI=1S/C20H18F3N3O/c1-14-2-4-15(5-3-14)6-9-19(27)24-11-10-17-13-26-12-16(20(21,22)23)7-8-18(26)25-17/h2-9,12-13H,10-11H2,1H3,(H,24,27)/b9-6+. The molecule has 140 valence electrons. The van der Waals surface area contributed by atoms with Crippen LogP contribution in [0.2, 0.25) is 0 Å². The van der Waals surface area contributed by atoms with Gasteiger partial charge in [0.05, 0.1) is 11.3 Å². The van der Waals surface area contributed by atoms with Gasteiger partial charge in [0, 0.05) is 31.4 Å². The fraction of sp³-hybridized carbons (Fsp3) is 0.200. The smallest absolute Gasteiger partial charge is 0.352 e. The molecule has 0 aliphatic heterocycles. The number of fused-ring (bicyclic) bond motifs is 1. The molecule has 27 heavy (non-hydrogen) atoms. The van der Waals surface area contributed by atoms with E-state index in [-0.39, 0.29) is 5.91 Å². The number of halogens is 3. The Balaban J connectivity index is 1.55. The number of amides is 1. The molecule has 2 aromatic heterocycles. The predicted octanol–water partition coefficient (Wildman–Crippen LogP) is 4.03. The Labute approximate surface area is 154 Å². The van der Waals surface area contributed by atoms with E-state index in [4.69, 9.17) is 0 Å². The van der Waals surface area contributed by atoms with E-state index < -0.39 is 11.7 Å². The van der Waals surface area contributed by atoms with Crippen LogP contribution in [-0.4, -0.2) is 21.8 Å². The molecule has 0 aliphatic rings. The minimum Gasteiger partial charge on any atom is -0.352 e. The SMILES string of the molecule is Cc1ccc(/C=C/C(=O)NCCc2cn3cc(C(F)(F)F)ccc3n2)cc1. The van der Waals surface area contributed by atoms with Gasteiger partial charge >= 0.3 is 6.18 Å². The zero-order valence-electron chi connectivity index (χ0n) is 14.6. The van der Waals surface area contributed by atoms with Gasteiger partial charge in [-0.25, -0.2) is 4.98 Å². The van der Waals surface area contributed by atoms with Crippen LogP contribution in [0.15, 0.2) is 54.9 Å². The van der Waals surface area contributed by atoms with Crippen LogP contribution < -0.4 is 5.32 Å². The van der Waals surface area contributed by atoms with E-state index >= 15 is 0 Å². The van der Waals surface area contributed by atoms with Crippen LogP contribution >= 0.6 is 0 Å². The molecule has 0 fully saturated rings. The highest BCUT2D eigenvalue weighted by atomic mass is 19.4. The summed E-state index contributed by atoms with van der Waals surface area (Å²) in [6, 6.07) is 10.1. The first-order valence-electron chi connectivity index (χ1n) is 8.39. The van der Waals surface area contributed by atoms with Crippen LogP contribution in [0, 0.1) is 6.92 Å². The third-order valence-electron chi connectivity index (χ3n) is 4.01. The minimum atomic E-state index is -4.39. The van der Waals surface area contributed by atoms with Crippen molar-refractivity contribution in [3.05, 3.63) is 77.3 Å². The first-order chi connectivity index (χ1) is 12.8. The fourth-order valence-corrected chi connectivity index (χ4v) is 2.55. The van der Waals surface area contributed by atoms with E-state index in [9.17, 15) is 18.0 Å². The summed E-state index contributed by atoms with van der Waals surface area (Å²) in [5.41, 5.74) is 2.39. The Morgan fingerprint density at radius 2 is 1.89 bits per heavy atom. The van der Waals surface area contributed by atoms with Gasteiger partial charge in [-0.2, -0.15) is 13.2 Å². The Morgan fingerprint density at radius 3 is 2.59 bits per heavy atom. The lowest BCUT2D eigenvalue weighted by Gasteiger charge is -2.05. The lowest BCUT2D eigenvalue weighted by Crippen LogP contribution is -2.23. The molecule has 0 atom stereocenters. The first-order valence-corrected chi connectivity index (χ1v) is 8.39. The second-order valence-electron chi connectivity index (χ2n) is 6.20.